The van der Waals surface area contributed by atoms with Gasteiger partial charge in [-0.2, -0.15) is 4.31 Å². The van der Waals surface area contributed by atoms with Crippen LogP contribution in [0.2, 0.25) is 0 Å². The summed E-state index contributed by atoms with van der Waals surface area (Å²) in [7, 11) is -2.12. The number of hydrogen-bond donors (Lipinski definition) is 1. The summed E-state index contributed by atoms with van der Waals surface area (Å²) in [4.78, 5) is 12.9. The third-order valence-electron chi connectivity index (χ3n) is 3.98. The Hall–Kier alpha value is -2.18. The van der Waals surface area contributed by atoms with Crippen molar-refractivity contribution < 1.29 is 13.2 Å². The predicted octanol–water partition coefficient (Wildman–Crippen LogP) is 2.87. The second kappa shape index (κ2) is 7.15. The standard InChI is InChI=1S/C18H22N2O3S/c1-13-9-8-10-14(2)16(13)19-18(21)17(20(3)24(4,22)23)15-11-6-5-7-12-15/h5-12,17H,1-4H3,(H,19,21)/t17-/m0/s1. The topological polar surface area (TPSA) is 66.5 Å². The number of amides is 1. The van der Waals surface area contributed by atoms with E-state index in [-0.39, 0.29) is 5.91 Å². The van der Waals surface area contributed by atoms with Gasteiger partial charge >= 0.3 is 0 Å². The lowest BCUT2D eigenvalue weighted by atomic mass is 10.0. The molecule has 1 N–H and O–H groups in total. The van der Waals surface area contributed by atoms with Gasteiger partial charge < -0.3 is 5.32 Å². The van der Waals surface area contributed by atoms with Crippen LogP contribution in [0.25, 0.3) is 0 Å². The zero-order chi connectivity index (χ0) is 17.9. The predicted molar refractivity (Wildman–Crippen MR) is 96.3 cm³/mol. The third-order valence-corrected chi connectivity index (χ3v) is 5.24. The molecule has 0 saturated carbocycles. The second-order valence-corrected chi connectivity index (χ2v) is 7.89. The highest BCUT2D eigenvalue weighted by atomic mass is 32.2. The highest BCUT2D eigenvalue weighted by Crippen LogP contribution is 2.26. The minimum absolute atomic E-state index is 0.383. The first-order valence-electron chi connectivity index (χ1n) is 7.57. The molecular weight excluding hydrogens is 324 g/mol. The number of carbonyl (C=O) groups excluding carboxylic acids is 1. The first-order chi connectivity index (χ1) is 11.2. The van der Waals surface area contributed by atoms with Crippen LogP contribution in [0, 0.1) is 13.8 Å². The molecule has 5 nitrogen and oxygen atoms in total. The maximum Gasteiger partial charge on any atom is 0.247 e. The van der Waals surface area contributed by atoms with Crippen molar-refractivity contribution in [3.63, 3.8) is 0 Å². The van der Waals surface area contributed by atoms with Gasteiger partial charge in [-0.15, -0.1) is 0 Å². The van der Waals surface area contributed by atoms with Crippen LogP contribution >= 0.6 is 0 Å². The second-order valence-electron chi connectivity index (χ2n) is 5.85. The van der Waals surface area contributed by atoms with Gasteiger partial charge in [0.05, 0.1) is 6.26 Å². The van der Waals surface area contributed by atoms with Crippen molar-refractivity contribution in [1.29, 1.82) is 0 Å². The molecule has 6 heteroatoms. The lowest BCUT2D eigenvalue weighted by molar-refractivity contribution is -0.119. The van der Waals surface area contributed by atoms with Crippen LogP contribution in [0.5, 0.6) is 0 Å². The van der Waals surface area contributed by atoms with Crippen molar-refractivity contribution in [2.75, 3.05) is 18.6 Å². The number of aryl methyl sites for hydroxylation is 2. The summed E-state index contributed by atoms with van der Waals surface area (Å²) in [5.41, 5.74) is 3.19. The van der Waals surface area contributed by atoms with Crippen molar-refractivity contribution in [2.24, 2.45) is 0 Å². The Morgan fingerprint density at radius 3 is 2.04 bits per heavy atom. The molecule has 0 spiro atoms. The van der Waals surface area contributed by atoms with E-state index in [2.05, 4.69) is 5.32 Å². The quantitative estimate of drug-likeness (QED) is 0.905. The Labute approximate surface area is 143 Å². The number of nitrogens with zero attached hydrogens (tertiary/aromatic N) is 1. The summed E-state index contributed by atoms with van der Waals surface area (Å²) in [6, 6.07) is 13.7. The number of benzene rings is 2. The van der Waals surface area contributed by atoms with Crippen LogP contribution in [0.3, 0.4) is 0 Å². The molecule has 0 fully saturated rings. The Morgan fingerprint density at radius 1 is 1.00 bits per heavy atom. The molecule has 2 aromatic rings. The largest absolute Gasteiger partial charge is 0.324 e. The first kappa shape index (κ1) is 18.2. The van der Waals surface area contributed by atoms with E-state index in [0.717, 1.165) is 21.7 Å². The molecule has 0 aliphatic rings. The van der Waals surface area contributed by atoms with E-state index in [0.29, 0.717) is 11.3 Å². The van der Waals surface area contributed by atoms with Crippen molar-refractivity contribution in [3.8, 4) is 0 Å². The summed E-state index contributed by atoms with van der Waals surface area (Å²) in [6.07, 6.45) is 1.09. The van der Waals surface area contributed by atoms with Crippen LogP contribution in [0.1, 0.15) is 22.7 Å². The molecule has 1 atom stereocenters. The SMILES string of the molecule is Cc1cccc(C)c1NC(=O)[C@H](c1ccccc1)N(C)S(C)(=O)=O. The van der Waals surface area contributed by atoms with Crippen molar-refractivity contribution >= 4 is 21.6 Å². The van der Waals surface area contributed by atoms with Gasteiger partial charge in [0, 0.05) is 12.7 Å². The van der Waals surface area contributed by atoms with Gasteiger partial charge in [0.1, 0.15) is 6.04 Å². The number of likely N-dealkylation sites (N-methyl/N-ethyl adjacent to an activating group) is 1. The zero-order valence-electron chi connectivity index (χ0n) is 14.3. The van der Waals surface area contributed by atoms with Crippen molar-refractivity contribution in [1.82, 2.24) is 4.31 Å². The van der Waals surface area contributed by atoms with Crippen molar-refractivity contribution in [3.05, 3.63) is 65.2 Å². The fourth-order valence-electron chi connectivity index (χ4n) is 2.56. The van der Waals surface area contributed by atoms with E-state index in [1.165, 1.54) is 7.05 Å². The molecule has 0 heterocycles. The van der Waals surface area contributed by atoms with Crippen LogP contribution in [0.15, 0.2) is 48.5 Å². The monoisotopic (exact) mass is 346 g/mol. The van der Waals surface area contributed by atoms with E-state index in [4.69, 9.17) is 0 Å². The summed E-state index contributed by atoms with van der Waals surface area (Å²) in [5.74, 6) is -0.383. The molecule has 128 valence electrons. The average molecular weight is 346 g/mol. The van der Waals surface area contributed by atoms with Gasteiger partial charge in [0.15, 0.2) is 0 Å². The molecular formula is C18H22N2O3S. The van der Waals surface area contributed by atoms with Gasteiger partial charge in [-0.05, 0) is 30.5 Å². The van der Waals surface area contributed by atoms with Crippen LogP contribution in [0.4, 0.5) is 5.69 Å². The molecule has 0 aliphatic carbocycles. The maximum atomic E-state index is 12.9. The summed E-state index contributed by atoms with van der Waals surface area (Å²) in [6.45, 7) is 3.81. The van der Waals surface area contributed by atoms with Gasteiger partial charge in [0.2, 0.25) is 15.9 Å². The highest BCUT2D eigenvalue weighted by Gasteiger charge is 2.31. The first-order valence-corrected chi connectivity index (χ1v) is 9.41. The molecule has 0 radical (unpaired) electrons. The molecule has 0 unspecified atom stereocenters. The molecule has 0 bridgehead atoms. The maximum absolute atomic E-state index is 12.9. The molecule has 0 aliphatic heterocycles. The van der Waals surface area contributed by atoms with Crippen LogP contribution in [-0.4, -0.2) is 31.9 Å². The fraction of sp³-hybridized carbons (Fsp3) is 0.278. The Balaban J connectivity index is 2.42. The van der Waals surface area contributed by atoms with E-state index in [1.54, 1.807) is 24.3 Å². The third kappa shape index (κ3) is 4.01. The molecule has 2 aromatic carbocycles. The van der Waals surface area contributed by atoms with E-state index >= 15 is 0 Å². The van der Waals surface area contributed by atoms with Gasteiger partial charge in [-0.25, -0.2) is 8.42 Å². The smallest absolute Gasteiger partial charge is 0.247 e. The molecule has 2 rings (SSSR count). The van der Waals surface area contributed by atoms with Gasteiger partial charge in [-0.1, -0.05) is 48.5 Å². The molecule has 0 saturated heterocycles. The number of sulfonamides is 1. The minimum Gasteiger partial charge on any atom is -0.324 e. The van der Waals surface area contributed by atoms with E-state index in [9.17, 15) is 13.2 Å². The summed E-state index contributed by atoms with van der Waals surface area (Å²) in [5, 5.41) is 2.89. The van der Waals surface area contributed by atoms with Gasteiger partial charge in [0.25, 0.3) is 0 Å². The van der Waals surface area contributed by atoms with E-state index in [1.807, 2.05) is 38.1 Å². The number of hydrogen-bond acceptors (Lipinski definition) is 3. The lowest BCUT2D eigenvalue weighted by Crippen LogP contribution is -2.38. The molecule has 1 amide bonds. The lowest BCUT2D eigenvalue weighted by Gasteiger charge is -2.26. The van der Waals surface area contributed by atoms with Crippen molar-refractivity contribution in [2.45, 2.75) is 19.9 Å². The average Bonchev–Trinajstić information content (AvgIpc) is 2.51. The normalized spacial score (nSPS) is 12.9. The Morgan fingerprint density at radius 2 is 1.54 bits per heavy atom. The number of rotatable bonds is 5. The summed E-state index contributed by atoms with van der Waals surface area (Å²) < 4.78 is 25.1. The Kier molecular flexibility index (Phi) is 5.41. The van der Waals surface area contributed by atoms with Crippen LogP contribution < -0.4 is 5.32 Å². The number of anilines is 1. The molecule has 0 aromatic heterocycles. The molecule has 24 heavy (non-hydrogen) atoms. The minimum atomic E-state index is -3.54. The highest BCUT2D eigenvalue weighted by molar-refractivity contribution is 7.88. The number of para-hydroxylation sites is 1. The number of nitrogens with one attached hydrogen (secondary N) is 1. The fourth-order valence-corrected chi connectivity index (χ4v) is 3.16. The van der Waals surface area contributed by atoms with Gasteiger partial charge in [-0.3, -0.25) is 4.79 Å². The Bertz CT molecular complexity index is 812. The number of carbonyl (C=O) groups is 1. The van der Waals surface area contributed by atoms with Crippen LogP contribution in [-0.2, 0) is 14.8 Å². The summed E-state index contributed by atoms with van der Waals surface area (Å²) >= 11 is 0. The van der Waals surface area contributed by atoms with E-state index < -0.39 is 16.1 Å². The zero-order valence-corrected chi connectivity index (χ0v) is 15.1.